The highest BCUT2D eigenvalue weighted by Gasteiger charge is 2.31. The Morgan fingerprint density at radius 3 is 2.53 bits per heavy atom. The fourth-order valence-electron chi connectivity index (χ4n) is 2.28. The summed E-state index contributed by atoms with van der Waals surface area (Å²) >= 11 is 0. The molecule has 0 heterocycles. The van der Waals surface area contributed by atoms with E-state index in [0.29, 0.717) is 6.04 Å². The molecule has 0 saturated heterocycles. The van der Waals surface area contributed by atoms with Gasteiger partial charge in [0, 0.05) is 25.2 Å². The Bertz CT molecular complexity index is 240. The third-order valence-corrected chi connectivity index (χ3v) is 3.50. The Kier molecular flexibility index (Phi) is 3.14. The second kappa shape index (κ2) is 4.39. The lowest BCUT2D eigenvalue weighted by atomic mass is 9.90. The fourth-order valence-corrected chi connectivity index (χ4v) is 2.28. The lowest BCUT2D eigenvalue weighted by Gasteiger charge is -2.35. The van der Waals surface area contributed by atoms with E-state index in [9.17, 15) is 4.79 Å². The van der Waals surface area contributed by atoms with E-state index in [-0.39, 0.29) is 18.1 Å². The predicted molar refractivity (Wildman–Crippen MR) is 59.5 cm³/mol. The number of carbonyl (C=O) groups is 1. The Hall–Kier alpha value is -0.770. The molecule has 2 rings (SSSR count). The summed E-state index contributed by atoms with van der Waals surface area (Å²) in [5.41, 5.74) is 6.04. The molecule has 2 amide bonds. The van der Waals surface area contributed by atoms with E-state index in [4.69, 9.17) is 5.73 Å². The number of nitrogens with two attached hydrogens (primary N) is 1. The number of rotatable bonds is 2. The van der Waals surface area contributed by atoms with Gasteiger partial charge in [-0.3, -0.25) is 0 Å². The summed E-state index contributed by atoms with van der Waals surface area (Å²) in [4.78, 5) is 13.6. The molecule has 15 heavy (non-hydrogen) atoms. The normalized spacial score (nSPS) is 31.1. The van der Waals surface area contributed by atoms with E-state index in [1.165, 1.54) is 12.8 Å². The molecule has 0 aromatic carbocycles. The van der Waals surface area contributed by atoms with E-state index >= 15 is 0 Å². The van der Waals surface area contributed by atoms with Crippen molar-refractivity contribution in [3.63, 3.8) is 0 Å². The molecular weight excluding hydrogens is 190 g/mol. The van der Waals surface area contributed by atoms with Gasteiger partial charge in [0.15, 0.2) is 0 Å². The lowest BCUT2D eigenvalue weighted by molar-refractivity contribution is 0.162. The van der Waals surface area contributed by atoms with Crippen LogP contribution in [0.2, 0.25) is 0 Å². The minimum Gasteiger partial charge on any atom is -0.335 e. The number of nitrogens with one attached hydrogen (secondary N) is 1. The summed E-state index contributed by atoms with van der Waals surface area (Å²) in [6, 6.07) is 0.880. The summed E-state index contributed by atoms with van der Waals surface area (Å²) in [6.07, 6.45) is 6.77. The monoisotopic (exact) mass is 211 g/mol. The minimum atomic E-state index is 0.0554. The maximum Gasteiger partial charge on any atom is 0.317 e. The van der Waals surface area contributed by atoms with Crippen molar-refractivity contribution >= 4 is 6.03 Å². The van der Waals surface area contributed by atoms with Crippen LogP contribution in [-0.2, 0) is 0 Å². The summed E-state index contributed by atoms with van der Waals surface area (Å²) in [5, 5.41) is 3.00. The molecule has 4 heteroatoms. The van der Waals surface area contributed by atoms with Crippen LogP contribution in [0.4, 0.5) is 4.79 Å². The van der Waals surface area contributed by atoms with E-state index in [2.05, 4.69) is 5.32 Å². The highest BCUT2D eigenvalue weighted by Crippen LogP contribution is 2.23. The van der Waals surface area contributed by atoms with Gasteiger partial charge in [0.25, 0.3) is 0 Å². The first-order valence-corrected chi connectivity index (χ1v) is 5.97. The molecule has 0 radical (unpaired) electrons. The number of hydrogen-bond donors (Lipinski definition) is 2. The molecule has 0 bridgehead atoms. The minimum absolute atomic E-state index is 0.0554. The van der Waals surface area contributed by atoms with Crippen LogP contribution in [0.15, 0.2) is 0 Å². The second-order valence-corrected chi connectivity index (χ2v) is 4.85. The maximum absolute atomic E-state index is 11.8. The lowest BCUT2D eigenvalue weighted by Crippen LogP contribution is -2.53. The Morgan fingerprint density at radius 2 is 1.93 bits per heavy atom. The first-order chi connectivity index (χ1) is 7.18. The topological polar surface area (TPSA) is 58.4 Å². The van der Waals surface area contributed by atoms with Gasteiger partial charge in [0.05, 0.1) is 0 Å². The molecule has 86 valence electrons. The van der Waals surface area contributed by atoms with Crippen molar-refractivity contribution < 1.29 is 4.79 Å². The second-order valence-electron chi connectivity index (χ2n) is 4.85. The zero-order valence-corrected chi connectivity index (χ0v) is 9.41. The van der Waals surface area contributed by atoms with Crippen LogP contribution < -0.4 is 11.1 Å². The number of amides is 2. The van der Waals surface area contributed by atoms with E-state index in [1.807, 2.05) is 11.9 Å². The van der Waals surface area contributed by atoms with Gasteiger partial charge in [-0.25, -0.2) is 4.79 Å². The summed E-state index contributed by atoms with van der Waals surface area (Å²) in [5.74, 6) is 0. The van der Waals surface area contributed by atoms with E-state index in [0.717, 1.165) is 25.7 Å². The molecule has 0 aromatic heterocycles. The molecule has 2 fully saturated rings. The van der Waals surface area contributed by atoms with Gasteiger partial charge >= 0.3 is 6.03 Å². The van der Waals surface area contributed by atoms with Crippen LogP contribution in [0.3, 0.4) is 0 Å². The Balaban J connectivity index is 1.86. The summed E-state index contributed by atoms with van der Waals surface area (Å²) < 4.78 is 0. The van der Waals surface area contributed by atoms with E-state index in [1.54, 1.807) is 0 Å². The average molecular weight is 211 g/mol. The van der Waals surface area contributed by atoms with Gasteiger partial charge in [0.2, 0.25) is 0 Å². The van der Waals surface area contributed by atoms with Crippen LogP contribution in [0.25, 0.3) is 0 Å². The van der Waals surface area contributed by atoms with Crippen LogP contribution in [-0.4, -0.2) is 36.1 Å². The van der Waals surface area contributed by atoms with Gasteiger partial charge in [-0.05, 0) is 25.7 Å². The number of carbonyl (C=O) groups excluding carboxylic acids is 1. The summed E-state index contributed by atoms with van der Waals surface area (Å²) in [6.45, 7) is 0. The molecule has 2 unspecified atom stereocenters. The third kappa shape index (κ3) is 2.62. The zero-order valence-electron chi connectivity index (χ0n) is 9.41. The van der Waals surface area contributed by atoms with Crippen molar-refractivity contribution in [1.82, 2.24) is 10.2 Å². The standard InChI is InChI=1S/C11H21N3O/c1-14(11(15)13-8-6-7-8)10-5-3-2-4-9(10)12/h8-10H,2-7,12H2,1H3,(H,13,15). The Morgan fingerprint density at radius 1 is 1.27 bits per heavy atom. The largest absolute Gasteiger partial charge is 0.335 e. The third-order valence-electron chi connectivity index (χ3n) is 3.50. The van der Waals surface area contributed by atoms with Crippen molar-refractivity contribution in [2.24, 2.45) is 5.73 Å². The maximum atomic E-state index is 11.8. The first kappa shape index (κ1) is 10.7. The molecule has 0 spiro atoms. The molecular formula is C11H21N3O. The molecule has 0 aliphatic heterocycles. The van der Waals surface area contributed by atoms with Gasteiger partial charge < -0.3 is 16.0 Å². The molecule has 4 nitrogen and oxygen atoms in total. The van der Waals surface area contributed by atoms with Crippen LogP contribution in [0.1, 0.15) is 38.5 Å². The van der Waals surface area contributed by atoms with E-state index < -0.39 is 0 Å². The van der Waals surface area contributed by atoms with Gasteiger partial charge in [-0.15, -0.1) is 0 Å². The fraction of sp³-hybridized carbons (Fsp3) is 0.909. The van der Waals surface area contributed by atoms with Crippen molar-refractivity contribution in [2.75, 3.05) is 7.05 Å². The number of likely N-dealkylation sites (N-methyl/N-ethyl adjacent to an activating group) is 1. The molecule has 0 aromatic rings. The van der Waals surface area contributed by atoms with Crippen molar-refractivity contribution in [2.45, 2.75) is 56.7 Å². The molecule has 2 saturated carbocycles. The highest BCUT2D eigenvalue weighted by atomic mass is 16.2. The average Bonchev–Trinajstić information content (AvgIpc) is 3.01. The SMILES string of the molecule is CN(C(=O)NC1CC1)C1CCCCC1N. The molecule has 2 aliphatic rings. The van der Waals surface area contributed by atoms with Crippen LogP contribution in [0.5, 0.6) is 0 Å². The quantitative estimate of drug-likeness (QED) is 0.717. The molecule has 2 atom stereocenters. The number of urea groups is 1. The van der Waals surface area contributed by atoms with Crippen molar-refractivity contribution in [1.29, 1.82) is 0 Å². The number of nitrogens with zero attached hydrogens (tertiary/aromatic N) is 1. The molecule has 2 aliphatic carbocycles. The first-order valence-electron chi connectivity index (χ1n) is 5.97. The molecule has 3 N–H and O–H groups in total. The number of hydrogen-bond acceptors (Lipinski definition) is 2. The van der Waals surface area contributed by atoms with Gasteiger partial charge in [0.1, 0.15) is 0 Å². The van der Waals surface area contributed by atoms with Crippen LogP contribution >= 0.6 is 0 Å². The van der Waals surface area contributed by atoms with Crippen LogP contribution in [0, 0.1) is 0 Å². The smallest absolute Gasteiger partial charge is 0.317 e. The highest BCUT2D eigenvalue weighted by molar-refractivity contribution is 5.75. The van der Waals surface area contributed by atoms with Crippen molar-refractivity contribution in [3.05, 3.63) is 0 Å². The summed E-state index contributed by atoms with van der Waals surface area (Å²) in [7, 11) is 1.87. The van der Waals surface area contributed by atoms with Gasteiger partial charge in [-0.1, -0.05) is 12.8 Å². The van der Waals surface area contributed by atoms with Crippen molar-refractivity contribution in [3.8, 4) is 0 Å². The Labute approximate surface area is 91.2 Å². The van der Waals surface area contributed by atoms with Gasteiger partial charge in [-0.2, -0.15) is 0 Å². The predicted octanol–water partition coefficient (Wildman–Crippen LogP) is 1.06. The zero-order chi connectivity index (χ0) is 10.8.